The number of aliphatic hydroxyl groups excluding tert-OH is 1. The summed E-state index contributed by atoms with van der Waals surface area (Å²) in [6.07, 6.45) is 2.55. The van der Waals surface area contributed by atoms with Crippen molar-refractivity contribution in [2.24, 2.45) is 0 Å². The largest absolute Gasteiger partial charge is 0.493 e. The van der Waals surface area contributed by atoms with Crippen molar-refractivity contribution in [1.29, 1.82) is 0 Å². The molecule has 22 heavy (non-hydrogen) atoms. The van der Waals surface area contributed by atoms with Gasteiger partial charge in [0.15, 0.2) is 11.5 Å². The summed E-state index contributed by atoms with van der Waals surface area (Å²) >= 11 is 0. The smallest absolute Gasteiger partial charge is 0.243 e. The van der Waals surface area contributed by atoms with Gasteiger partial charge in [-0.15, -0.1) is 0 Å². The van der Waals surface area contributed by atoms with Crippen LogP contribution < -0.4 is 9.47 Å². The lowest BCUT2D eigenvalue weighted by atomic mass is 9.93. The maximum absolute atomic E-state index is 12.8. The van der Waals surface area contributed by atoms with E-state index in [1.807, 2.05) is 0 Å². The Bertz CT molecular complexity index is 616. The topological polar surface area (TPSA) is 76.1 Å². The SMILES string of the molecule is COc1ccc(S(=O)(=O)N(C)[C@@H]2CCCC[C@H]2O)cc1OC. The van der Waals surface area contributed by atoms with E-state index in [9.17, 15) is 13.5 Å². The summed E-state index contributed by atoms with van der Waals surface area (Å²) in [4.78, 5) is 0.130. The van der Waals surface area contributed by atoms with Gasteiger partial charge in [-0.25, -0.2) is 8.42 Å². The molecule has 0 spiro atoms. The lowest BCUT2D eigenvalue weighted by Crippen LogP contribution is -2.46. The molecule has 1 N–H and O–H groups in total. The second-order valence-electron chi connectivity index (χ2n) is 5.46. The first-order valence-electron chi connectivity index (χ1n) is 7.30. The number of hydrogen-bond acceptors (Lipinski definition) is 5. The van der Waals surface area contributed by atoms with Crippen molar-refractivity contribution in [3.63, 3.8) is 0 Å². The van der Waals surface area contributed by atoms with E-state index in [0.29, 0.717) is 24.3 Å². The Morgan fingerprint density at radius 3 is 2.36 bits per heavy atom. The van der Waals surface area contributed by atoms with Gasteiger partial charge in [0.2, 0.25) is 10.0 Å². The van der Waals surface area contributed by atoms with Crippen molar-refractivity contribution in [2.75, 3.05) is 21.3 Å². The first-order valence-corrected chi connectivity index (χ1v) is 8.74. The van der Waals surface area contributed by atoms with E-state index in [-0.39, 0.29) is 10.9 Å². The van der Waals surface area contributed by atoms with Gasteiger partial charge in [-0.2, -0.15) is 4.31 Å². The number of hydrogen-bond donors (Lipinski definition) is 1. The number of methoxy groups -OCH3 is 2. The number of benzene rings is 1. The molecule has 0 unspecified atom stereocenters. The van der Waals surface area contributed by atoms with Gasteiger partial charge < -0.3 is 14.6 Å². The molecule has 124 valence electrons. The standard InChI is InChI=1S/C15H23NO5S/c1-16(12-6-4-5-7-13(12)17)22(18,19)11-8-9-14(20-2)15(10-11)21-3/h8-10,12-13,17H,4-7H2,1-3H3/t12-,13-/m1/s1. The molecule has 6 nitrogen and oxygen atoms in total. The number of sulfonamides is 1. The van der Waals surface area contributed by atoms with Crippen LogP contribution in [-0.4, -0.2) is 51.2 Å². The summed E-state index contributed by atoms with van der Waals surface area (Å²) in [5.41, 5.74) is 0. The fraction of sp³-hybridized carbons (Fsp3) is 0.600. The van der Waals surface area contributed by atoms with Gasteiger partial charge in [0.25, 0.3) is 0 Å². The summed E-state index contributed by atoms with van der Waals surface area (Å²) in [6, 6.07) is 4.12. The zero-order valence-electron chi connectivity index (χ0n) is 13.2. The summed E-state index contributed by atoms with van der Waals surface area (Å²) in [5, 5.41) is 10.1. The van der Waals surface area contributed by atoms with Gasteiger partial charge in [0.1, 0.15) is 0 Å². The highest BCUT2D eigenvalue weighted by Gasteiger charge is 2.34. The summed E-state index contributed by atoms with van der Waals surface area (Å²) in [5.74, 6) is 0.836. The van der Waals surface area contributed by atoms with Gasteiger partial charge in [-0.05, 0) is 25.0 Å². The van der Waals surface area contributed by atoms with Gasteiger partial charge in [0.05, 0.1) is 31.3 Å². The highest BCUT2D eigenvalue weighted by atomic mass is 32.2. The molecule has 0 heterocycles. The Labute approximate surface area is 131 Å². The molecule has 0 bridgehead atoms. The first kappa shape index (κ1) is 17.1. The predicted octanol–water partition coefficient (Wildman–Crippen LogP) is 1.63. The maximum atomic E-state index is 12.8. The van der Waals surface area contributed by atoms with Gasteiger partial charge in [-0.1, -0.05) is 12.8 Å². The van der Waals surface area contributed by atoms with E-state index in [0.717, 1.165) is 12.8 Å². The fourth-order valence-electron chi connectivity index (χ4n) is 2.84. The Kier molecular flexibility index (Phi) is 5.31. The lowest BCUT2D eigenvalue weighted by Gasteiger charge is -2.34. The number of aliphatic hydroxyl groups is 1. The van der Waals surface area contributed by atoms with Crippen LogP contribution in [0.5, 0.6) is 11.5 Å². The Hall–Kier alpha value is -1.31. The van der Waals surface area contributed by atoms with Crippen LogP contribution in [0.3, 0.4) is 0 Å². The molecule has 1 aliphatic carbocycles. The predicted molar refractivity (Wildman–Crippen MR) is 82.8 cm³/mol. The van der Waals surface area contributed by atoms with Gasteiger partial charge >= 0.3 is 0 Å². The molecule has 2 atom stereocenters. The Morgan fingerprint density at radius 1 is 1.14 bits per heavy atom. The molecule has 7 heteroatoms. The normalized spacial score (nSPS) is 22.6. The van der Waals surface area contributed by atoms with E-state index in [1.54, 1.807) is 6.07 Å². The second kappa shape index (κ2) is 6.85. The molecule has 0 aromatic heterocycles. The summed E-state index contributed by atoms with van der Waals surface area (Å²) in [6.45, 7) is 0. The number of likely N-dealkylation sites (N-methyl/N-ethyl adjacent to an activating group) is 1. The molecule has 0 aliphatic heterocycles. The maximum Gasteiger partial charge on any atom is 0.243 e. The van der Waals surface area contributed by atoms with Crippen LogP contribution in [0.4, 0.5) is 0 Å². The van der Waals surface area contributed by atoms with E-state index in [1.165, 1.54) is 37.7 Å². The van der Waals surface area contributed by atoms with Crippen molar-refractivity contribution in [1.82, 2.24) is 4.31 Å². The third kappa shape index (κ3) is 3.21. The molecule has 1 aromatic carbocycles. The van der Waals surface area contributed by atoms with Crippen molar-refractivity contribution in [2.45, 2.75) is 42.7 Å². The molecule has 1 saturated carbocycles. The number of nitrogens with zero attached hydrogens (tertiary/aromatic N) is 1. The van der Waals surface area contributed by atoms with Crippen molar-refractivity contribution >= 4 is 10.0 Å². The van der Waals surface area contributed by atoms with E-state index >= 15 is 0 Å². The van der Waals surface area contributed by atoms with E-state index in [2.05, 4.69) is 0 Å². The van der Waals surface area contributed by atoms with Gasteiger partial charge in [0, 0.05) is 13.1 Å². The third-order valence-electron chi connectivity index (χ3n) is 4.19. The van der Waals surface area contributed by atoms with Crippen LogP contribution in [-0.2, 0) is 10.0 Å². The van der Waals surface area contributed by atoms with Crippen molar-refractivity contribution < 1.29 is 23.0 Å². The molecular weight excluding hydrogens is 306 g/mol. The Morgan fingerprint density at radius 2 is 1.77 bits per heavy atom. The average molecular weight is 329 g/mol. The minimum atomic E-state index is -3.69. The van der Waals surface area contributed by atoms with Crippen LogP contribution in [0.2, 0.25) is 0 Å². The molecule has 0 radical (unpaired) electrons. The van der Waals surface area contributed by atoms with Crippen LogP contribution in [0, 0.1) is 0 Å². The zero-order chi connectivity index (χ0) is 16.3. The monoisotopic (exact) mass is 329 g/mol. The van der Waals surface area contributed by atoms with Gasteiger partial charge in [-0.3, -0.25) is 0 Å². The second-order valence-corrected chi connectivity index (χ2v) is 7.45. The average Bonchev–Trinajstić information content (AvgIpc) is 2.53. The van der Waals surface area contributed by atoms with Crippen LogP contribution >= 0.6 is 0 Å². The van der Waals surface area contributed by atoms with E-state index < -0.39 is 16.1 Å². The summed E-state index contributed by atoms with van der Waals surface area (Å²) in [7, 11) is 0.786. The third-order valence-corrected chi connectivity index (χ3v) is 6.07. The van der Waals surface area contributed by atoms with Crippen molar-refractivity contribution in [3.05, 3.63) is 18.2 Å². The highest BCUT2D eigenvalue weighted by molar-refractivity contribution is 7.89. The zero-order valence-corrected chi connectivity index (χ0v) is 14.0. The van der Waals surface area contributed by atoms with E-state index in [4.69, 9.17) is 9.47 Å². The van der Waals surface area contributed by atoms with Crippen molar-refractivity contribution in [3.8, 4) is 11.5 Å². The minimum absolute atomic E-state index is 0.130. The Balaban J connectivity index is 2.33. The lowest BCUT2D eigenvalue weighted by molar-refractivity contribution is 0.0638. The molecule has 0 saturated heterocycles. The molecular formula is C15H23NO5S. The first-order chi connectivity index (χ1) is 10.4. The van der Waals surface area contributed by atoms with Crippen LogP contribution in [0.15, 0.2) is 23.1 Å². The molecule has 1 aliphatic rings. The van der Waals surface area contributed by atoms with Crippen LogP contribution in [0.25, 0.3) is 0 Å². The highest BCUT2D eigenvalue weighted by Crippen LogP contribution is 2.32. The molecule has 2 rings (SSSR count). The number of rotatable bonds is 5. The minimum Gasteiger partial charge on any atom is -0.493 e. The molecule has 1 aromatic rings. The van der Waals surface area contributed by atoms with Crippen LogP contribution in [0.1, 0.15) is 25.7 Å². The molecule has 1 fully saturated rings. The fourth-order valence-corrected chi connectivity index (χ4v) is 4.27. The quantitative estimate of drug-likeness (QED) is 0.888. The summed E-state index contributed by atoms with van der Waals surface area (Å²) < 4.78 is 37.1. The molecule has 0 amide bonds. The number of ether oxygens (including phenoxy) is 2.